The molecule has 4 nitrogen and oxygen atoms in total. The van der Waals surface area contributed by atoms with Gasteiger partial charge in [0, 0.05) is 29.6 Å². The Kier molecular flexibility index (Phi) is 5.15. The Morgan fingerprint density at radius 1 is 1.23 bits per heavy atom. The largest absolute Gasteiger partial charge is 0.296 e. The van der Waals surface area contributed by atoms with Gasteiger partial charge in [0.1, 0.15) is 0 Å². The van der Waals surface area contributed by atoms with Crippen LogP contribution in [0.25, 0.3) is 11.4 Å². The quantitative estimate of drug-likeness (QED) is 0.437. The molecule has 1 aliphatic rings. The minimum atomic E-state index is 0.474. The van der Waals surface area contributed by atoms with E-state index in [2.05, 4.69) is 45.7 Å². The van der Waals surface area contributed by atoms with Crippen molar-refractivity contribution in [3.63, 3.8) is 0 Å². The minimum Gasteiger partial charge on any atom is -0.296 e. The third-order valence-corrected chi connectivity index (χ3v) is 6.22. The third-order valence-electron chi connectivity index (χ3n) is 4.82. The van der Waals surface area contributed by atoms with Gasteiger partial charge in [0.2, 0.25) is 0 Å². The van der Waals surface area contributed by atoms with Crippen molar-refractivity contribution < 1.29 is 0 Å². The van der Waals surface area contributed by atoms with Crippen LogP contribution in [0.2, 0.25) is 0 Å². The number of benzene rings is 1. The van der Waals surface area contributed by atoms with Crippen molar-refractivity contribution in [2.75, 3.05) is 6.54 Å². The molecule has 4 rings (SSSR count). The van der Waals surface area contributed by atoms with Crippen LogP contribution in [0.3, 0.4) is 0 Å². The summed E-state index contributed by atoms with van der Waals surface area (Å²) in [5.74, 6) is 0.905. The second-order valence-corrected chi connectivity index (χ2v) is 7.84. The molecule has 134 valence electrons. The van der Waals surface area contributed by atoms with Crippen molar-refractivity contribution in [2.24, 2.45) is 0 Å². The van der Waals surface area contributed by atoms with Crippen molar-refractivity contribution in [2.45, 2.75) is 32.1 Å². The molecule has 0 aliphatic carbocycles. The number of hydrogen-bond donors (Lipinski definition) is 0. The maximum atomic E-state index is 5.74. The van der Waals surface area contributed by atoms with Crippen LogP contribution in [0, 0.1) is 4.77 Å². The lowest BCUT2D eigenvalue weighted by Gasteiger charge is -2.23. The topological polar surface area (TPSA) is 26.0 Å². The Morgan fingerprint density at radius 3 is 2.81 bits per heavy atom. The van der Waals surface area contributed by atoms with Crippen molar-refractivity contribution in [3.8, 4) is 11.4 Å². The van der Waals surface area contributed by atoms with Crippen LogP contribution >= 0.6 is 23.6 Å². The van der Waals surface area contributed by atoms with Gasteiger partial charge in [0.05, 0.1) is 6.67 Å². The van der Waals surface area contributed by atoms with Gasteiger partial charge in [-0.1, -0.05) is 42.5 Å². The molecule has 2 aromatic heterocycles. The molecule has 26 heavy (non-hydrogen) atoms. The van der Waals surface area contributed by atoms with Gasteiger partial charge in [-0.2, -0.15) is 5.10 Å². The summed E-state index contributed by atoms with van der Waals surface area (Å²) < 4.78 is 4.78. The molecule has 0 amide bonds. The zero-order chi connectivity index (χ0) is 17.9. The molecular formula is C20H22N4S2. The van der Waals surface area contributed by atoms with Crippen LogP contribution in [0.15, 0.2) is 60.5 Å². The highest BCUT2D eigenvalue weighted by Gasteiger charge is 2.27. The summed E-state index contributed by atoms with van der Waals surface area (Å²) >= 11 is 7.58. The van der Waals surface area contributed by atoms with Gasteiger partial charge in [0.15, 0.2) is 10.6 Å². The Balaban J connectivity index is 1.67. The maximum absolute atomic E-state index is 5.74. The molecule has 1 atom stereocenters. The second kappa shape index (κ2) is 7.70. The fraction of sp³-hybridized carbons (Fsp3) is 0.300. The number of thiophene rings is 1. The van der Waals surface area contributed by atoms with Gasteiger partial charge in [-0.3, -0.25) is 9.47 Å². The number of allylic oxidation sites excluding steroid dienone is 1. The smallest absolute Gasteiger partial charge is 0.199 e. The summed E-state index contributed by atoms with van der Waals surface area (Å²) in [5.41, 5.74) is 1.08. The van der Waals surface area contributed by atoms with Crippen LogP contribution in [0.1, 0.15) is 23.8 Å². The van der Waals surface area contributed by atoms with Crippen molar-refractivity contribution in [3.05, 3.63) is 70.1 Å². The lowest BCUT2D eigenvalue weighted by atomic mass is 10.2. The van der Waals surface area contributed by atoms with E-state index in [4.69, 9.17) is 17.3 Å². The highest BCUT2D eigenvalue weighted by Crippen LogP contribution is 2.34. The highest BCUT2D eigenvalue weighted by atomic mass is 32.1. The van der Waals surface area contributed by atoms with Gasteiger partial charge in [-0.05, 0) is 36.5 Å². The van der Waals surface area contributed by atoms with Crippen molar-refractivity contribution in [1.82, 2.24) is 19.2 Å². The first-order valence-electron chi connectivity index (χ1n) is 8.89. The fourth-order valence-corrected chi connectivity index (χ4v) is 4.75. The van der Waals surface area contributed by atoms with Gasteiger partial charge in [0.25, 0.3) is 0 Å². The first-order chi connectivity index (χ1) is 12.8. The normalized spacial score (nSPS) is 17.6. The van der Waals surface area contributed by atoms with Gasteiger partial charge >= 0.3 is 0 Å². The molecule has 0 saturated carbocycles. The number of nitrogens with zero attached hydrogens (tertiary/aromatic N) is 4. The van der Waals surface area contributed by atoms with Crippen LogP contribution in [-0.2, 0) is 13.2 Å². The van der Waals surface area contributed by atoms with E-state index in [1.807, 2.05) is 40.3 Å². The van der Waals surface area contributed by atoms with E-state index in [1.165, 1.54) is 17.7 Å². The summed E-state index contributed by atoms with van der Waals surface area (Å²) in [6, 6.07) is 15.1. The maximum Gasteiger partial charge on any atom is 0.199 e. The van der Waals surface area contributed by atoms with Crippen molar-refractivity contribution >= 4 is 23.6 Å². The van der Waals surface area contributed by atoms with Crippen LogP contribution < -0.4 is 0 Å². The third kappa shape index (κ3) is 3.32. The zero-order valence-corrected chi connectivity index (χ0v) is 16.3. The standard InChI is InChI=1S/C20H22N4S2/c1-2-12-23-19(16-8-4-3-5-9-16)21-24(20(23)25)15-22-13-6-10-17(22)18-11-7-14-26-18/h2-5,7-9,11,14,17H,1,6,10,12-13,15H2/t17-/m1/s1. The summed E-state index contributed by atoms with van der Waals surface area (Å²) in [5, 5.41) is 7.02. The molecule has 1 aromatic carbocycles. The summed E-state index contributed by atoms with van der Waals surface area (Å²) in [6.07, 6.45) is 4.29. The molecule has 1 fully saturated rings. The molecular weight excluding hydrogens is 360 g/mol. The van der Waals surface area contributed by atoms with E-state index in [-0.39, 0.29) is 0 Å². The first-order valence-corrected chi connectivity index (χ1v) is 10.2. The molecule has 6 heteroatoms. The average Bonchev–Trinajstić information content (AvgIpc) is 3.39. The lowest BCUT2D eigenvalue weighted by molar-refractivity contribution is 0.192. The zero-order valence-electron chi connectivity index (χ0n) is 14.6. The Morgan fingerprint density at radius 2 is 2.08 bits per heavy atom. The van der Waals surface area contributed by atoms with Crippen LogP contribution in [0.5, 0.6) is 0 Å². The molecule has 3 aromatic rings. The fourth-order valence-electron chi connectivity index (χ4n) is 3.60. The SMILES string of the molecule is C=CCn1c(-c2ccccc2)nn(CN2CCC[C@@H]2c2cccs2)c1=S. The van der Waals surface area contributed by atoms with Crippen molar-refractivity contribution in [1.29, 1.82) is 0 Å². The van der Waals surface area contributed by atoms with Crippen LogP contribution in [-0.4, -0.2) is 25.8 Å². The van der Waals surface area contributed by atoms with E-state index < -0.39 is 0 Å². The number of rotatable bonds is 6. The molecule has 1 aliphatic heterocycles. The molecule has 1 saturated heterocycles. The molecule has 3 heterocycles. The van der Waals surface area contributed by atoms with E-state index in [0.29, 0.717) is 12.6 Å². The summed E-state index contributed by atoms with van der Waals surface area (Å²) in [4.78, 5) is 3.92. The van der Waals surface area contributed by atoms with E-state index in [9.17, 15) is 0 Å². The summed E-state index contributed by atoms with van der Waals surface area (Å²) in [6.45, 7) is 6.35. The van der Waals surface area contributed by atoms with E-state index in [1.54, 1.807) is 0 Å². The minimum absolute atomic E-state index is 0.474. The molecule has 0 unspecified atom stereocenters. The van der Waals surface area contributed by atoms with Gasteiger partial charge < -0.3 is 0 Å². The Labute approximate surface area is 163 Å². The van der Waals surface area contributed by atoms with E-state index >= 15 is 0 Å². The van der Waals surface area contributed by atoms with Gasteiger partial charge in [-0.15, -0.1) is 17.9 Å². The Bertz CT molecular complexity index is 925. The average molecular weight is 383 g/mol. The number of aromatic nitrogens is 3. The second-order valence-electron chi connectivity index (χ2n) is 6.50. The predicted octanol–water partition coefficient (Wildman–Crippen LogP) is 5.12. The molecule has 0 N–H and O–H groups in total. The predicted molar refractivity (Wildman–Crippen MR) is 110 cm³/mol. The number of likely N-dealkylation sites (tertiary alicyclic amines) is 1. The summed E-state index contributed by atoms with van der Waals surface area (Å²) in [7, 11) is 0. The Hall–Kier alpha value is -2.02. The first kappa shape index (κ1) is 17.4. The molecule has 0 spiro atoms. The monoisotopic (exact) mass is 382 g/mol. The number of hydrogen-bond acceptors (Lipinski definition) is 4. The molecule has 0 radical (unpaired) electrons. The van der Waals surface area contributed by atoms with E-state index in [0.717, 1.165) is 29.4 Å². The van der Waals surface area contributed by atoms with Crippen LogP contribution in [0.4, 0.5) is 0 Å². The molecule has 0 bridgehead atoms. The lowest BCUT2D eigenvalue weighted by Crippen LogP contribution is -2.26. The van der Waals surface area contributed by atoms with Gasteiger partial charge in [-0.25, -0.2) is 4.68 Å². The highest BCUT2D eigenvalue weighted by molar-refractivity contribution is 7.71.